The van der Waals surface area contributed by atoms with Crippen molar-refractivity contribution in [2.75, 3.05) is 33.2 Å². The van der Waals surface area contributed by atoms with Gasteiger partial charge < -0.3 is 14.8 Å². The van der Waals surface area contributed by atoms with Crippen LogP contribution in [0.3, 0.4) is 0 Å². The molecule has 0 unspecified atom stereocenters. The van der Waals surface area contributed by atoms with Crippen molar-refractivity contribution in [2.45, 2.75) is 31.6 Å². The van der Waals surface area contributed by atoms with Crippen molar-refractivity contribution in [2.24, 2.45) is 0 Å². The number of fused-ring (bicyclic) bond motifs is 2. The molecule has 1 aliphatic heterocycles. The van der Waals surface area contributed by atoms with Crippen LogP contribution in [0.5, 0.6) is 0 Å². The van der Waals surface area contributed by atoms with Gasteiger partial charge in [-0.15, -0.1) is 0 Å². The van der Waals surface area contributed by atoms with E-state index in [9.17, 15) is 4.79 Å². The molecule has 7 nitrogen and oxygen atoms in total. The summed E-state index contributed by atoms with van der Waals surface area (Å²) in [4.78, 5) is 25.7. The summed E-state index contributed by atoms with van der Waals surface area (Å²) in [6.45, 7) is 3.32. The van der Waals surface area contributed by atoms with Crippen molar-refractivity contribution < 1.29 is 4.79 Å². The zero-order chi connectivity index (χ0) is 21.7. The van der Waals surface area contributed by atoms with Crippen LogP contribution in [0.15, 0.2) is 42.9 Å². The van der Waals surface area contributed by atoms with Gasteiger partial charge in [0.25, 0.3) is 5.91 Å². The number of aromatic amines is 1. The Balaban J connectivity index is 1.35. The van der Waals surface area contributed by atoms with E-state index in [4.69, 9.17) is 4.98 Å². The van der Waals surface area contributed by atoms with Crippen molar-refractivity contribution in [3.63, 3.8) is 0 Å². The highest BCUT2D eigenvalue weighted by molar-refractivity contribution is 6.02. The molecule has 2 aliphatic rings. The molecule has 0 atom stereocenters. The predicted molar refractivity (Wildman–Crippen MR) is 125 cm³/mol. The minimum atomic E-state index is 0.0621. The number of carbonyl (C=O) groups is 1. The van der Waals surface area contributed by atoms with Crippen LogP contribution in [-0.4, -0.2) is 68.5 Å². The van der Waals surface area contributed by atoms with Gasteiger partial charge >= 0.3 is 0 Å². The number of nitrogens with one attached hydrogen (secondary N) is 1. The molecule has 164 valence electrons. The number of nitrogens with zero attached hydrogens (tertiary/aromatic N) is 5. The summed E-state index contributed by atoms with van der Waals surface area (Å²) < 4.78 is 1.79. The zero-order valence-corrected chi connectivity index (χ0v) is 18.4. The summed E-state index contributed by atoms with van der Waals surface area (Å²) >= 11 is 0. The summed E-state index contributed by atoms with van der Waals surface area (Å²) in [5.41, 5.74) is 5.81. The molecule has 1 N–H and O–H groups in total. The predicted octanol–water partition coefficient (Wildman–Crippen LogP) is 3.92. The standard InChI is InChI=1S/C25H28N6O/c1-29-10-12-30(13-11-29)25(32)21-16-27-31-9-8-18(14-23(21)31)20-15-26-24-19(20)6-7-22(28-24)17-4-2-3-5-17/h6-9,14-17H,2-5,10-13H2,1H3,(H,26,28). The molecule has 5 heterocycles. The van der Waals surface area contributed by atoms with Crippen molar-refractivity contribution in [1.29, 1.82) is 0 Å². The zero-order valence-electron chi connectivity index (χ0n) is 18.4. The van der Waals surface area contributed by atoms with Gasteiger partial charge in [0.1, 0.15) is 5.65 Å². The summed E-state index contributed by atoms with van der Waals surface area (Å²) in [5, 5.41) is 5.54. The SMILES string of the molecule is CN1CCN(C(=O)c2cnn3ccc(-c4c[nH]c5nc(C6CCCC6)ccc45)cc23)CC1. The van der Waals surface area contributed by atoms with E-state index in [0.717, 1.165) is 53.9 Å². The van der Waals surface area contributed by atoms with Crippen LogP contribution in [0.2, 0.25) is 0 Å². The van der Waals surface area contributed by atoms with Crippen LogP contribution in [0, 0.1) is 0 Å². The molecule has 1 saturated heterocycles. The number of amides is 1. The minimum absolute atomic E-state index is 0.0621. The summed E-state index contributed by atoms with van der Waals surface area (Å²) in [5.74, 6) is 0.657. The van der Waals surface area contributed by atoms with E-state index < -0.39 is 0 Å². The smallest absolute Gasteiger partial charge is 0.257 e. The quantitative estimate of drug-likeness (QED) is 0.537. The lowest BCUT2D eigenvalue weighted by molar-refractivity contribution is 0.0666. The highest BCUT2D eigenvalue weighted by Gasteiger charge is 2.24. The number of pyridine rings is 2. The number of hydrogen-bond acceptors (Lipinski definition) is 4. The first-order valence-corrected chi connectivity index (χ1v) is 11.6. The molecule has 4 aromatic heterocycles. The number of piperazine rings is 1. The number of H-pyrrole nitrogens is 1. The maximum absolute atomic E-state index is 13.2. The largest absolute Gasteiger partial charge is 0.346 e. The summed E-state index contributed by atoms with van der Waals surface area (Å²) in [6.07, 6.45) is 10.8. The number of aromatic nitrogens is 4. The van der Waals surface area contributed by atoms with E-state index >= 15 is 0 Å². The maximum Gasteiger partial charge on any atom is 0.257 e. The Bertz CT molecular complexity index is 1290. The highest BCUT2D eigenvalue weighted by Crippen LogP contribution is 2.35. The summed E-state index contributed by atoms with van der Waals surface area (Å²) in [6, 6.07) is 8.51. The van der Waals surface area contributed by atoms with E-state index in [1.165, 1.54) is 31.4 Å². The molecule has 1 amide bonds. The van der Waals surface area contributed by atoms with Gasteiger partial charge in [0.2, 0.25) is 0 Å². The lowest BCUT2D eigenvalue weighted by atomic mass is 10.0. The van der Waals surface area contributed by atoms with Crippen LogP contribution < -0.4 is 0 Å². The Morgan fingerprint density at radius 1 is 1.09 bits per heavy atom. The van der Waals surface area contributed by atoms with Gasteiger partial charge in [-0.25, -0.2) is 9.50 Å². The molecule has 2 fully saturated rings. The maximum atomic E-state index is 13.2. The minimum Gasteiger partial charge on any atom is -0.346 e. The highest BCUT2D eigenvalue weighted by atomic mass is 16.2. The van der Waals surface area contributed by atoms with Gasteiger partial charge in [-0.05, 0) is 49.7 Å². The first-order chi connectivity index (χ1) is 15.7. The van der Waals surface area contributed by atoms with Crippen LogP contribution in [0.25, 0.3) is 27.7 Å². The number of rotatable bonds is 3. The van der Waals surface area contributed by atoms with Crippen molar-refractivity contribution >= 4 is 22.5 Å². The topological polar surface area (TPSA) is 69.5 Å². The second-order valence-corrected chi connectivity index (χ2v) is 9.21. The van der Waals surface area contributed by atoms with E-state index in [1.807, 2.05) is 17.3 Å². The second-order valence-electron chi connectivity index (χ2n) is 9.21. The van der Waals surface area contributed by atoms with E-state index in [-0.39, 0.29) is 5.91 Å². The van der Waals surface area contributed by atoms with Crippen LogP contribution in [0.4, 0.5) is 0 Å². The van der Waals surface area contributed by atoms with Crippen molar-refractivity contribution in [1.82, 2.24) is 29.4 Å². The summed E-state index contributed by atoms with van der Waals surface area (Å²) in [7, 11) is 2.09. The van der Waals surface area contributed by atoms with Crippen molar-refractivity contribution in [3.05, 3.63) is 54.1 Å². The Kier molecular flexibility index (Phi) is 4.72. The fourth-order valence-electron chi connectivity index (χ4n) is 5.20. The van der Waals surface area contributed by atoms with Crippen molar-refractivity contribution in [3.8, 4) is 11.1 Å². The Morgan fingerprint density at radius 3 is 2.72 bits per heavy atom. The Morgan fingerprint density at radius 2 is 1.91 bits per heavy atom. The molecule has 1 aliphatic carbocycles. The Labute approximate surface area is 187 Å². The first-order valence-electron chi connectivity index (χ1n) is 11.6. The van der Waals surface area contributed by atoms with E-state index in [2.05, 4.69) is 46.3 Å². The second kappa shape index (κ2) is 7.74. The molecule has 1 saturated carbocycles. The van der Waals surface area contributed by atoms with E-state index in [1.54, 1.807) is 10.7 Å². The average molecular weight is 429 g/mol. The van der Waals surface area contributed by atoms with Gasteiger partial charge in [-0.2, -0.15) is 5.10 Å². The monoisotopic (exact) mass is 428 g/mol. The molecule has 0 bridgehead atoms. The number of carbonyl (C=O) groups excluding carboxylic acids is 1. The van der Waals surface area contributed by atoms with Gasteiger partial charge in [0, 0.05) is 61.1 Å². The third-order valence-electron chi connectivity index (χ3n) is 7.19. The molecule has 0 spiro atoms. The average Bonchev–Trinajstić information content (AvgIpc) is 3.57. The molecule has 7 heteroatoms. The molecule has 4 aromatic rings. The van der Waals surface area contributed by atoms with Gasteiger partial charge in [0.05, 0.1) is 17.3 Å². The molecular weight excluding hydrogens is 400 g/mol. The molecule has 32 heavy (non-hydrogen) atoms. The molecular formula is C25H28N6O. The lowest BCUT2D eigenvalue weighted by Gasteiger charge is -2.32. The fourth-order valence-corrected chi connectivity index (χ4v) is 5.20. The van der Waals surface area contributed by atoms with E-state index in [0.29, 0.717) is 11.5 Å². The number of hydrogen-bond donors (Lipinski definition) is 1. The molecule has 0 radical (unpaired) electrons. The van der Waals surface area contributed by atoms with Gasteiger partial charge in [0.15, 0.2) is 0 Å². The Hall–Kier alpha value is -3.19. The van der Waals surface area contributed by atoms with Crippen LogP contribution in [-0.2, 0) is 0 Å². The van der Waals surface area contributed by atoms with Gasteiger partial charge in [-0.1, -0.05) is 12.8 Å². The third-order valence-corrected chi connectivity index (χ3v) is 7.19. The lowest BCUT2D eigenvalue weighted by Crippen LogP contribution is -2.47. The first kappa shape index (κ1) is 19.5. The van der Waals surface area contributed by atoms with Crippen LogP contribution in [0.1, 0.15) is 47.7 Å². The fraction of sp³-hybridized carbons (Fsp3) is 0.400. The normalized spacial score (nSPS) is 18.2. The third kappa shape index (κ3) is 3.28. The molecule has 6 rings (SSSR count). The van der Waals surface area contributed by atoms with Gasteiger partial charge in [-0.3, -0.25) is 4.79 Å². The number of likely N-dealkylation sites (N-methyl/N-ethyl adjacent to an activating group) is 1. The van der Waals surface area contributed by atoms with Crippen LogP contribution >= 0.6 is 0 Å². The molecule has 0 aromatic carbocycles.